The molecule has 0 bridgehead atoms. The minimum absolute atomic E-state index is 0.430. The number of rotatable bonds is 2. The highest BCUT2D eigenvalue weighted by Gasteiger charge is 2.18. The van der Waals surface area contributed by atoms with Gasteiger partial charge < -0.3 is 10.3 Å². The van der Waals surface area contributed by atoms with Crippen LogP contribution in [-0.4, -0.2) is 14.5 Å². The van der Waals surface area contributed by atoms with Crippen molar-refractivity contribution in [1.29, 1.82) is 0 Å². The average molecular weight is 232 g/mol. The topological polar surface area (TPSA) is 56.7 Å². The van der Waals surface area contributed by atoms with Crippen LogP contribution in [0.25, 0.3) is 11.0 Å². The van der Waals surface area contributed by atoms with E-state index in [1.807, 2.05) is 6.92 Å². The number of fused-ring (bicyclic) bond motifs is 1. The normalized spacial score (nSPS) is 13.2. The molecule has 17 heavy (non-hydrogen) atoms. The summed E-state index contributed by atoms with van der Waals surface area (Å²) in [5.74, 6) is 1.33. The van der Waals surface area contributed by atoms with Crippen LogP contribution in [0.2, 0.25) is 0 Å². The van der Waals surface area contributed by atoms with Crippen molar-refractivity contribution in [1.82, 2.24) is 14.5 Å². The number of aromatic nitrogens is 3. The second-order valence-electron chi connectivity index (χ2n) is 4.69. The molecule has 0 aromatic carbocycles. The van der Waals surface area contributed by atoms with Crippen molar-refractivity contribution in [2.45, 2.75) is 47.1 Å². The summed E-state index contributed by atoms with van der Waals surface area (Å²) in [6.07, 6.45) is 1.08. The number of nitrogens with two attached hydrogens (primary N) is 1. The Hall–Kier alpha value is -1.58. The van der Waals surface area contributed by atoms with E-state index < -0.39 is 0 Å². The highest BCUT2D eigenvalue weighted by molar-refractivity contribution is 5.91. The Morgan fingerprint density at radius 1 is 1.24 bits per heavy atom. The standard InChI is InChI=1S/C13H20N4/c1-6-7(2)17-9(4)8(3)11-12(14)15-10(5)16-13(11)17/h7H,6H2,1-5H3,(H2,14,15,16). The van der Waals surface area contributed by atoms with Gasteiger partial charge in [0.05, 0.1) is 5.39 Å². The Morgan fingerprint density at radius 3 is 2.47 bits per heavy atom. The van der Waals surface area contributed by atoms with Gasteiger partial charge in [-0.3, -0.25) is 0 Å². The lowest BCUT2D eigenvalue weighted by Crippen LogP contribution is -2.07. The lowest BCUT2D eigenvalue weighted by atomic mass is 10.2. The number of nitrogens with zero attached hydrogens (tertiary/aromatic N) is 3. The minimum Gasteiger partial charge on any atom is -0.383 e. The molecule has 0 amide bonds. The number of aryl methyl sites for hydroxylation is 2. The van der Waals surface area contributed by atoms with Crippen LogP contribution >= 0.6 is 0 Å². The zero-order valence-electron chi connectivity index (χ0n) is 11.2. The molecule has 1 atom stereocenters. The first-order valence-electron chi connectivity index (χ1n) is 6.08. The van der Waals surface area contributed by atoms with E-state index >= 15 is 0 Å². The smallest absolute Gasteiger partial charge is 0.146 e. The highest BCUT2D eigenvalue weighted by atomic mass is 15.1. The molecule has 0 saturated carbocycles. The average Bonchev–Trinajstić information content (AvgIpc) is 2.50. The Bertz CT molecular complexity index is 569. The molecule has 0 aliphatic rings. The molecule has 0 fully saturated rings. The van der Waals surface area contributed by atoms with E-state index in [1.165, 1.54) is 11.3 Å². The Labute approximate surface area is 102 Å². The highest BCUT2D eigenvalue weighted by Crippen LogP contribution is 2.31. The van der Waals surface area contributed by atoms with Gasteiger partial charge in [0.2, 0.25) is 0 Å². The summed E-state index contributed by atoms with van der Waals surface area (Å²) in [4.78, 5) is 8.81. The molecule has 4 nitrogen and oxygen atoms in total. The molecule has 0 aliphatic heterocycles. The largest absolute Gasteiger partial charge is 0.383 e. The van der Waals surface area contributed by atoms with E-state index in [0.29, 0.717) is 11.9 Å². The predicted molar refractivity (Wildman–Crippen MR) is 71.2 cm³/mol. The van der Waals surface area contributed by atoms with Crippen molar-refractivity contribution in [2.75, 3.05) is 5.73 Å². The van der Waals surface area contributed by atoms with Gasteiger partial charge in [0.25, 0.3) is 0 Å². The van der Waals surface area contributed by atoms with Crippen LogP contribution in [0.3, 0.4) is 0 Å². The van der Waals surface area contributed by atoms with Crippen LogP contribution in [0.1, 0.15) is 43.4 Å². The first-order valence-corrected chi connectivity index (χ1v) is 6.08. The second-order valence-corrected chi connectivity index (χ2v) is 4.69. The molecule has 92 valence electrons. The third-order valence-corrected chi connectivity index (χ3v) is 3.57. The fraction of sp³-hybridized carbons (Fsp3) is 0.538. The van der Waals surface area contributed by atoms with Gasteiger partial charge in [-0.2, -0.15) is 0 Å². The number of anilines is 1. The zero-order chi connectivity index (χ0) is 12.7. The summed E-state index contributed by atoms with van der Waals surface area (Å²) in [6.45, 7) is 10.5. The summed E-state index contributed by atoms with van der Waals surface area (Å²) in [5, 5.41) is 1.01. The minimum atomic E-state index is 0.430. The van der Waals surface area contributed by atoms with Crippen LogP contribution in [0.15, 0.2) is 0 Å². The second kappa shape index (κ2) is 4.02. The van der Waals surface area contributed by atoms with Gasteiger partial charge in [-0.25, -0.2) is 9.97 Å². The molecule has 2 heterocycles. The van der Waals surface area contributed by atoms with Crippen LogP contribution in [0, 0.1) is 20.8 Å². The fourth-order valence-corrected chi connectivity index (χ4v) is 2.36. The quantitative estimate of drug-likeness (QED) is 0.866. The van der Waals surface area contributed by atoms with Gasteiger partial charge in [-0.1, -0.05) is 6.92 Å². The van der Waals surface area contributed by atoms with E-state index in [4.69, 9.17) is 5.73 Å². The predicted octanol–water partition coefficient (Wildman–Crippen LogP) is 2.91. The van der Waals surface area contributed by atoms with Gasteiger partial charge in [-0.15, -0.1) is 0 Å². The van der Waals surface area contributed by atoms with Gasteiger partial charge in [0.1, 0.15) is 17.3 Å². The van der Waals surface area contributed by atoms with Gasteiger partial charge in [0.15, 0.2) is 0 Å². The van der Waals surface area contributed by atoms with Crippen LogP contribution in [0.4, 0.5) is 5.82 Å². The van der Waals surface area contributed by atoms with Crippen LogP contribution in [0.5, 0.6) is 0 Å². The van der Waals surface area contributed by atoms with Crippen molar-refractivity contribution in [3.05, 3.63) is 17.1 Å². The van der Waals surface area contributed by atoms with Crippen LogP contribution < -0.4 is 5.73 Å². The Morgan fingerprint density at radius 2 is 1.88 bits per heavy atom. The fourth-order valence-electron chi connectivity index (χ4n) is 2.36. The lowest BCUT2D eigenvalue weighted by molar-refractivity contribution is 0.532. The van der Waals surface area contributed by atoms with Gasteiger partial charge >= 0.3 is 0 Å². The summed E-state index contributed by atoms with van der Waals surface area (Å²) < 4.78 is 2.27. The number of hydrogen-bond donors (Lipinski definition) is 1. The van der Waals surface area contributed by atoms with Crippen molar-refractivity contribution < 1.29 is 0 Å². The Balaban J connectivity index is 2.88. The summed E-state index contributed by atoms with van der Waals surface area (Å²) >= 11 is 0. The Kier molecular flexibility index (Phi) is 2.81. The van der Waals surface area contributed by atoms with Crippen molar-refractivity contribution in [2.24, 2.45) is 0 Å². The zero-order valence-corrected chi connectivity index (χ0v) is 11.2. The number of nitrogen functional groups attached to an aromatic ring is 1. The van der Waals surface area contributed by atoms with Crippen molar-refractivity contribution in [3.8, 4) is 0 Å². The molecule has 0 saturated heterocycles. The summed E-state index contributed by atoms with van der Waals surface area (Å²) in [5.41, 5.74) is 9.42. The maximum absolute atomic E-state index is 6.02. The molecule has 2 rings (SSSR count). The van der Waals surface area contributed by atoms with Gasteiger partial charge in [0, 0.05) is 11.7 Å². The molecule has 4 heteroatoms. The van der Waals surface area contributed by atoms with Crippen molar-refractivity contribution >= 4 is 16.9 Å². The SMILES string of the molecule is CCC(C)n1c(C)c(C)c2c(N)nc(C)nc21. The monoisotopic (exact) mass is 232 g/mol. The van der Waals surface area contributed by atoms with Crippen molar-refractivity contribution in [3.63, 3.8) is 0 Å². The van der Waals surface area contributed by atoms with Crippen LogP contribution in [-0.2, 0) is 0 Å². The third kappa shape index (κ3) is 1.68. The van der Waals surface area contributed by atoms with Gasteiger partial charge in [-0.05, 0) is 39.7 Å². The molecular formula is C13H20N4. The summed E-state index contributed by atoms with van der Waals surface area (Å²) in [6, 6.07) is 0.430. The lowest BCUT2D eigenvalue weighted by Gasteiger charge is -2.15. The molecule has 1 unspecified atom stereocenters. The van der Waals surface area contributed by atoms with E-state index in [9.17, 15) is 0 Å². The molecule has 0 radical (unpaired) electrons. The molecule has 0 spiro atoms. The first-order chi connectivity index (χ1) is 7.97. The molecule has 2 N–H and O–H groups in total. The third-order valence-electron chi connectivity index (χ3n) is 3.57. The van der Waals surface area contributed by atoms with E-state index in [0.717, 1.165) is 23.3 Å². The van der Waals surface area contributed by atoms with E-state index in [-0.39, 0.29) is 0 Å². The van der Waals surface area contributed by atoms with E-state index in [1.54, 1.807) is 0 Å². The molecule has 2 aromatic heterocycles. The molecular weight excluding hydrogens is 212 g/mol. The van der Waals surface area contributed by atoms with E-state index in [2.05, 4.69) is 42.2 Å². The maximum atomic E-state index is 6.02. The molecule has 0 aliphatic carbocycles. The maximum Gasteiger partial charge on any atom is 0.146 e. The molecule has 2 aromatic rings. The summed E-state index contributed by atoms with van der Waals surface area (Å²) in [7, 11) is 0. The number of hydrogen-bond acceptors (Lipinski definition) is 3. The first kappa shape index (κ1) is 11.9.